The van der Waals surface area contributed by atoms with Crippen molar-refractivity contribution in [2.75, 3.05) is 6.54 Å². The summed E-state index contributed by atoms with van der Waals surface area (Å²) < 4.78 is 6.91. The maximum absolute atomic E-state index is 5.85. The Balaban J connectivity index is 1.96. The van der Waals surface area contributed by atoms with Crippen LogP contribution in [0.3, 0.4) is 0 Å². The second-order valence-electron chi connectivity index (χ2n) is 4.69. The molecule has 0 fully saturated rings. The Morgan fingerprint density at radius 1 is 1.00 bits per heavy atom. The second kappa shape index (κ2) is 8.08. The molecule has 1 N–H and O–H groups in total. The van der Waals surface area contributed by atoms with Crippen molar-refractivity contribution >= 4 is 15.9 Å². The highest BCUT2D eigenvalue weighted by Crippen LogP contribution is 2.18. The highest BCUT2D eigenvalue weighted by atomic mass is 79.9. The van der Waals surface area contributed by atoms with Crippen molar-refractivity contribution in [3.05, 3.63) is 64.1 Å². The normalized spacial score (nSPS) is 10.5. The fourth-order valence-corrected chi connectivity index (χ4v) is 2.23. The van der Waals surface area contributed by atoms with Crippen LogP contribution in [0.2, 0.25) is 0 Å². The van der Waals surface area contributed by atoms with Gasteiger partial charge in [0.1, 0.15) is 12.4 Å². The molecule has 2 nitrogen and oxygen atoms in total. The van der Waals surface area contributed by atoms with E-state index in [9.17, 15) is 0 Å². The van der Waals surface area contributed by atoms with Gasteiger partial charge in [-0.3, -0.25) is 0 Å². The van der Waals surface area contributed by atoms with E-state index >= 15 is 0 Å². The Bertz CT molecular complexity index is 525. The summed E-state index contributed by atoms with van der Waals surface area (Å²) in [5.41, 5.74) is 2.54. The standard InChI is InChI=1S/C17H20BrNO/c1-2-11-19-12-14-5-3-4-6-15(14)13-20-17-9-7-16(18)8-10-17/h3-10,19H,2,11-13H2,1H3. The Morgan fingerprint density at radius 2 is 1.70 bits per heavy atom. The first-order valence-electron chi connectivity index (χ1n) is 6.95. The summed E-state index contributed by atoms with van der Waals surface area (Å²) in [6.45, 7) is 4.72. The third-order valence-electron chi connectivity index (χ3n) is 3.07. The number of benzene rings is 2. The number of nitrogens with one attached hydrogen (secondary N) is 1. The third-order valence-corrected chi connectivity index (χ3v) is 3.60. The predicted molar refractivity (Wildman–Crippen MR) is 86.9 cm³/mol. The van der Waals surface area contributed by atoms with Gasteiger partial charge >= 0.3 is 0 Å². The molecular formula is C17H20BrNO. The molecule has 0 aliphatic rings. The SMILES string of the molecule is CCCNCc1ccccc1COc1ccc(Br)cc1. The van der Waals surface area contributed by atoms with Crippen LogP contribution in [0.1, 0.15) is 24.5 Å². The van der Waals surface area contributed by atoms with Crippen LogP contribution in [-0.2, 0) is 13.2 Å². The van der Waals surface area contributed by atoms with E-state index in [0.29, 0.717) is 6.61 Å². The van der Waals surface area contributed by atoms with Gasteiger partial charge < -0.3 is 10.1 Å². The van der Waals surface area contributed by atoms with Gasteiger partial charge in [-0.05, 0) is 48.4 Å². The lowest BCUT2D eigenvalue weighted by Crippen LogP contribution is -2.15. The van der Waals surface area contributed by atoms with Crippen LogP contribution < -0.4 is 10.1 Å². The van der Waals surface area contributed by atoms with E-state index in [2.05, 4.69) is 52.4 Å². The Hall–Kier alpha value is -1.32. The summed E-state index contributed by atoms with van der Waals surface area (Å²) in [7, 11) is 0. The summed E-state index contributed by atoms with van der Waals surface area (Å²) in [6, 6.07) is 16.3. The Labute approximate surface area is 129 Å². The van der Waals surface area contributed by atoms with Crippen molar-refractivity contribution in [1.82, 2.24) is 5.32 Å². The van der Waals surface area contributed by atoms with E-state index in [1.807, 2.05) is 24.3 Å². The molecule has 2 rings (SSSR count). The fourth-order valence-electron chi connectivity index (χ4n) is 1.96. The molecule has 0 aliphatic carbocycles. The van der Waals surface area contributed by atoms with Crippen molar-refractivity contribution in [2.45, 2.75) is 26.5 Å². The molecule has 3 heteroatoms. The van der Waals surface area contributed by atoms with Crippen LogP contribution in [0.25, 0.3) is 0 Å². The highest BCUT2D eigenvalue weighted by molar-refractivity contribution is 9.10. The van der Waals surface area contributed by atoms with Crippen LogP contribution in [0, 0.1) is 0 Å². The van der Waals surface area contributed by atoms with Gasteiger partial charge in [0.2, 0.25) is 0 Å². The molecule has 0 atom stereocenters. The molecule has 106 valence electrons. The van der Waals surface area contributed by atoms with Gasteiger partial charge in [-0.2, -0.15) is 0 Å². The zero-order valence-electron chi connectivity index (χ0n) is 11.7. The molecule has 0 spiro atoms. The van der Waals surface area contributed by atoms with Gasteiger partial charge in [0.05, 0.1) is 0 Å². The minimum Gasteiger partial charge on any atom is -0.489 e. The van der Waals surface area contributed by atoms with Gasteiger partial charge in [-0.15, -0.1) is 0 Å². The topological polar surface area (TPSA) is 21.3 Å². The van der Waals surface area contributed by atoms with Crippen LogP contribution in [0.5, 0.6) is 5.75 Å². The summed E-state index contributed by atoms with van der Waals surface area (Å²) in [5.74, 6) is 0.893. The second-order valence-corrected chi connectivity index (χ2v) is 5.60. The Morgan fingerprint density at radius 3 is 2.40 bits per heavy atom. The third kappa shape index (κ3) is 4.66. The van der Waals surface area contributed by atoms with E-state index < -0.39 is 0 Å². The number of halogens is 1. The van der Waals surface area contributed by atoms with Crippen LogP contribution in [0.15, 0.2) is 53.0 Å². The van der Waals surface area contributed by atoms with Gasteiger partial charge in [0.25, 0.3) is 0 Å². The first kappa shape index (κ1) is 15.1. The van der Waals surface area contributed by atoms with E-state index in [-0.39, 0.29) is 0 Å². The fraction of sp³-hybridized carbons (Fsp3) is 0.294. The molecule has 0 bridgehead atoms. The molecule has 0 saturated heterocycles. The van der Waals surface area contributed by atoms with Crippen molar-refractivity contribution in [3.8, 4) is 5.75 Å². The van der Waals surface area contributed by atoms with Crippen LogP contribution >= 0.6 is 15.9 Å². The van der Waals surface area contributed by atoms with Crippen molar-refractivity contribution < 1.29 is 4.74 Å². The minimum absolute atomic E-state index is 0.603. The monoisotopic (exact) mass is 333 g/mol. The molecule has 0 radical (unpaired) electrons. The maximum Gasteiger partial charge on any atom is 0.119 e. The van der Waals surface area contributed by atoms with E-state index in [1.165, 1.54) is 11.1 Å². The average molecular weight is 334 g/mol. The largest absolute Gasteiger partial charge is 0.489 e. The molecule has 0 aromatic heterocycles. The number of hydrogen-bond acceptors (Lipinski definition) is 2. The maximum atomic E-state index is 5.85. The zero-order valence-corrected chi connectivity index (χ0v) is 13.3. The molecule has 2 aromatic rings. The zero-order chi connectivity index (χ0) is 14.2. The Kier molecular flexibility index (Phi) is 6.09. The van der Waals surface area contributed by atoms with Gasteiger partial charge in [-0.25, -0.2) is 0 Å². The quantitative estimate of drug-likeness (QED) is 0.751. The van der Waals surface area contributed by atoms with Gasteiger partial charge in [0.15, 0.2) is 0 Å². The van der Waals surface area contributed by atoms with Gasteiger partial charge in [-0.1, -0.05) is 47.1 Å². The highest BCUT2D eigenvalue weighted by Gasteiger charge is 2.02. The lowest BCUT2D eigenvalue weighted by Gasteiger charge is -2.11. The van der Waals surface area contributed by atoms with Crippen molar-refractivity contribution in [2.24, 2.45) is 0 Å². The van der Waals surface area contributed by atoms with Crippen LogP contribution in [-0.4, -0.2) is 6.54 Å². The number of hydrogen-bond donors (Lipinski definition) is 1. The molecule has 20 heavy (non-hydrogen) atoms. The molecule has 0 aliphatic heterocycles. The molecule has 0 heterocycles. The van der Waals surface area contributed by atoms with E-state index in [0.717, 1.165) is 29.7 Å². The lowest BCUT2D eigenvalue weighted by molar-refractivity contribution is 0.304. The lowest BCUT2D eigenvalue weighted by atomic mass is 10.1. The molecule has 0 unspecified atom stereocenters. The summed E-state index contributed by atoms with van der Waals surface area (Å²) >= 11 is 3.42. The molecule has 0 amide bonds. The smallest absolute Gasteiger partial charge is 0.119 e. The van der Waals surface area contributed by atoms with E-state index in [4.69, 9.17) is 4.74 Å². The van der Waals surface area contributed by atoms with Crippen molar-refractivity contribution in [3.63, 3.8) is 0 Å². The predicted octanol–water partition coefficient (Wildman–Crippen LogP) is 4.53. The number of ether oxygens (including phenoxy) is 1. The minimum atomic E-state index is 0.603. The first-order chi connectivity index (χ1) is 9.79. The molecular weight excluding hydrogens is 314 g/mol. The number of rotatable bonds is 7. The molecule has 2 aromatic carbocycles. The van der Waals surface area contributed by atoms with E-state index in [1.54, 1.807) is 0 Å². The summed E-state index contributed by atoms with van der Waals surface area (Å²) in [4.78, 5) is 0. The summed E-state index contributed by atoms with van der Waals surface area (Å²) in [5, 5.41) is 3.44. The first-order valence-corrected chi connectivity index (χ1v) is 7.74. The van der Waals surface area contributed by atoms with Crippen LogP contribution in [0.4, 0.5) is 0 Å². The molecule has 0 saturated carbocycles. The average Bonchev–Trinajstić information content (AvgIpc) is 2.48. The van der Waals surface area contributed by atoms with Crippen molar-refractivity contribution in [1.29, 1.82) is 0 Å². The van der Waals surface area contributed by atoms with Gasteiger partial charge in [0, 0.05) is 11.0 Å². The summed E-state index contributed by atoms with van der Waals surface area (Å²) in [6.07, 6.45) is 1.15.